The predicted molar refractivity (Wildman–Crippen MR) is 75.0 cm³/mol. The standard InChI is InChI=1S/C13H24ClN3O/c1-5-6-10(2)12(15-3)13-11(14)9-16-17(13)7-8-18-4/h9-10,12,15H,5-8H2,1-4H3. The van der Waals surface area contributed by atoms with Crippen LogP contribution >= 0.6 is 11.6 Å². The van der Waals surface area contributed by atoms with Gasteiger partial charge in [-0.3, -0.25) is 4.68 Å². The molecule has 104 valence electrons. The largest absolute Gasteiger partial charge is 0.383 e. The maximum absolute atomic E-state index is 6.28. The molecule has 0 aliphatic rings. The van der Waals surface area contributed by atoms with Crippen LogP contribution in [0.15, 0.2) is 6.20 Å². The first-order valence-electron chi connectivity index (χ1n) is 6.53. The maximum Gasteiger partial charge on any atom is 0.0834 e. The lowest BCUT2D eigenvalue weighted by Crippen LogP contribution is -2.27. The van der Waals surface area contributed by atoms with E-state index in [1.165, 1.54) is 6.42 Å². The Morgan fingerprint density at radius 3 is 2.83 bits per heavy atom. The highest BCUT2D eigenvalue weighted by molar-refractivity contribution is 6.31. The van der Waals surface area contributed by atoms with Crippen molar-refractivity contribution < 1.29 is 4.74 Å². The summed E-state index contributed by atoms with van der Waals surface area (Å²) in [6, 6.07) is 0.233. The minimum absolute atomic E-state index is 0.233. The second kappa shape index (κ2) is 7.77. The average Bonchev–Trinajstić information content (AvgIpc) is 2.70. The van der Waals surface area contributed by atoms with Crippen LogP contribution in [-0.4, -0.2) is 30.5 Å². The van der Waals surface area contributed by atoms with Crippen molar-refractivity contribution in [3.8, 4) is 0 Å². The second-order valence-corrected chi connectivity index (χ2v) is 5.03. The number of nitrogens with zero attached hydrogens (tertiary/aromatic N) is 2. The van der Waals surface area contributed by atoms with E-state index in [2.05, 4.69) is 24.3 Å². The fourth-order valence-electron chi connectivity index (χ4n) is 2.35. The number of ether oxygens (including phenoxy) is 1. The summed E-state index contributed by atoms with van der Waals surface area (Å²) in [7, 11) is 3.67. The highest BCUT2D eigenvalue weighted by atomic mass is 35.5. The Balaban J connectivity index is 2.92. The molecule has 0 spiro atoms. The van der Waals surface area contributed by atoms with Crippen LogP contribution in [-0.2, 0) is 11.3 Å². The van der Waals surface area contributed by atoms with Crippen molar-refractivity contribution in [1.29, 1.82) is 0 Å². The molecule has 2 atom stereocenters. The molecule has 18 heavy (non-hydrogen) atoms. The summed E-state index contributed by atoms with van der Waals surface area (Å²) < 4.78 is 7.05. The molecule has 5 heteroatoms. The molecular formula is C13H24ClN3O. The summed E-state index contributed by atoms with van der Waals surface area (Å²) in [4.78, 5) is 0. The Kier molecular flexibility index (Phi) is 6.68. The van der Waals surface area contributed by atoms with Crippen molar-refractivity contribution in [2.24, 2.45) is 5.92 Å². The number of methoxy groups -OCH3 is 1. The first kappa shape index (κ1) is 15.5. The third kappa shape index (κ3) is 3.70. The number of aromatic nitrogens is 2. The third-order valence-electron chi connectivity index (χ3n) is 3.26. The van der Waals surface area contributed by atoms with Crippen LogP contribution in [0, 0.1) is 5.92 Å². The average molecular weight is 274 g/mol. The van der Waals surface area contributed by atoms with Gasteiger partial charge in [-0.15, -0.1) is 0 Å². The van der Waals surface area contributed by atoms with Crippen molar-refractivity contribution in [1.82, 2.24) is 15.1 Å². The van der Waals surface area contributed by atoms with Gasteiger partial charge in [-0.05, 0) is 19.4 Å². The summed E-state index contributed by atoms with van der Waals surface area (Å²) in [5.74, 6) is 0.524. The van der Waals surface area contributed by atoms with Gasteiger partial charge in [0.15, 0.2) is 0 Å². The number of hydrogen-bond donors (Lipinski definition) is 1. The maximum atomic E-state index is 6.28. The molecule has 0 aromatic carbocycles. The highest BCUT2D eigenvalue weighted by Gasteiger charge is 2.23. The second-order valence-electron chi connectivity index (χ2n) is 4.63. The highest BCUT2D eigenvalue weighted by Crippen LogP contribution is 2.30. The van der Waals surface area contributed by atoms with Gasteiger partial charge in [0.2, 0.25) is 0 Å². The van der Waals surface area contributed by atoms with Crippen molar-refractivity contribution in [2.45, 2.75) is 39.3 Å². The van der Waals surface area contributed by atoms with E-state index in [0.717, 1.165) is 23.7 Å². The van der Waals surface area contributed by atoms with E-state index in [0.29, 0.717) is 12.5 Å². The molecule has 0 aliphatic carbocycles. The molecule has 1 aromatic heterocycles. The Morgan fingerprint density at radius 2 is 2.28 bits per heavy atom. The number of hydrogen-bond acceptors (Lipinski definition) is 3. The van der Waals surface area contributed by atoms with E-state index < -0.39 is 0 Å². The number of rotatable bonds is 8. The van der Waals surface area contributed by atoms with E-state index in [1.54, 1.807) is 13.3 Å². The molecule has 4 nitrogen and oxygen atoms in total. The van der Waals surface area contributed by atoms with Crippen molar-refractivity contribution in [3.05, 3.63) is 16.9 Å². The first-order chi connectivity index (χ1) is 8.65. The molecule has 0 saturated carbocycles. The van der Waals surface area contributed by atoms with E-state index >= 15 is 0 Å². The quantitative estimate of drug-likeness (QED) is 0.792. The molecule has 0 fully saturated rings. The Bertz CT molecular complexity index is 354. The Hall–Kier alpha value is -0.580. The van der Waals surface area contributed by atoms with Crippen LogP contribution in [0.4, 0.5) is 0 Å². The topological polar surface area (TPSA) is 39.1 Å². The Morgan fingerprint density at radius 1 is 1.56 bits per heavy atom. The zero-order valence-electron chi connectivity index (χ0n) is 11.7. The van der Waals surface area contributed by atoms with Gasteiger partial charge in [0.05, 0.1) is 36.1 Å². The lowest BCUT2D eigenvalue weighted by molar-refractivity contribution is 0.180. The van der Waals surface area contributed by atoms with Gasteiger partial charge in [0.25, 0.3) is 0 Å². The monoisotopic (exact) mass is 273 g/mol. The minimum atomic E-state index is 0.233. The fourth-order valence-corrected chi connectivity index (χ4v) is 2.61. The van der Waals surface area contributed by atoms with Crippen molar-refractivity contribution in [3.63, 3.8) is 0 Å². The van der Waals surface area contributed by atoms with E-state index in [1.807, 2.05) is 11.7 Å². The fraction of sp³-hybridized carbons (Fsp3) is 0.769. The summed E-state index contributed by atoms with van der Waals surface area (Å²) in [6.07, 6.45) is 4.05. The van der Waals surface area contributed by atoms with Crippen LogP contribution in [0.2, 0.25) is 5.02 Å². The molecule has 1 aromatic rings. The summed E-state index contributed by atoms with van der Waals surface area (Å²) >= 11 is 6.28. The molecule has 0 amide bonds. The van der Waals surface area contributed by atoms with Gasteiger partial charge >= 0.3 is 0 Å². The van der Waals surface area contributed by atoms with Gasteiger partial charge < -0.3 is 10.1 Å². The molecule has 1 heterocycles. The van der Waals surface area contributed by atoms with Gasteiger partial charge in [-0.1, -0.05) is 31.9 Å². The zero-order valence-corrected chi connectivity index (χ0v) is 12.5. The van der Waals surface area contributed by atoms with Gasteiger partial charge in [0.1, 0.15) is 0 Å². The van der Waals surface area contributed by atoms with Gasteiger partial charge in [-0.25, -0.2) is 0 Å². The number of halogens is 1. The van der Waals surface area contributed by atoms with Crippen molar-refractivity contribution >= 4 is 11.6 Å². The van der Waals surface area contributed by atoms with Crippen LogP contribution in [0.3, 0.4) is 0 Å². The van der Waals surface area contributed by atoms with Crippen LogP contribution in [0.5, 0.6) is 0 Å². The SMILES string of the molecule is CCCC(C)C(NC)c1c(Cl)cnn1CCOC. The van der Waals surface area contributed by atoms with Gasteiger partial charge in [-0.2, -0.15) is 5.10 Å². The summed E-state index contributed by atoms with van der Waals surface area (Å²) in [5.41, 5.74) is 1.07. The van der Waals surface area contributed by atoms with E-state index in [-0.39, 0.29) is 6.04 Å². The molecule has 0 bridgehead atoms. The van der Waals surface area contributed by atoms with Gasteiger partial charge in [0, 0.05) is 7.11 Å². The summed E-state index contributed by atoms with van der Waals surface area (Å²) in [6.45, 7) is 5.82. The lowest BCUT2D eigenvalue weighted by atomic mass is 9.94. The molecule has 0 saturated heterocycles. The minimum Gasteiger partial charge on any atom is -0.383 e. The molecule has 0 aliphatic heterocycles. The smallest absolute Gasteiger partial charge is 0.0834 e. The Labute approximate surface area is 115 Å². The van der Waals surface area contributed by atoms with E-state index in [9.17, 15) is 0 Å². The lowest BCUT2D eigenvalue weighted by Gasteiger charge is -2.24. The van der Waals surface area contributed by atoms with Crippen LogP contribution in [0.25, 0.3) is 0 Å². The van der Waals surface area contributed by atoms with Crippen LogP contribution < -0.4 is 5.32 Å². The third-order valence-corrected chi connectivity index (χ3v) is 3.55. The number of nitrogens with one attached hydrogen (secondary N) is 1. The molecule has 1 N–H and O–H groups in total. The van der Waals surface area contributed by atoms with Crippen LogP contribution in [0.1, 0.15) is 38.4 Å². The zero-order chi connectivity index (χ0) is 13.5. The predicted octanol–water partition coefficient (Wildman–Crippen LogP) is 2.88. The van der Waals surface area contributed by atoms with E-state index in [4.69, 9.17) is 16.3 Å². The molecular weight excluding hydrogens is 250 g/mol. The normalized spacial score (nSPS) is 14.7. The summed E-state index contributed by atoms with van der Waals surface area (Å²) in [5, 5.41) is 8.42. The first-order valence-corrected chi connectivity index (χ1v) is 6.90. The molecule has 2 unspecified atom stereocenters. The van der Waals surface area contributed by atoms with Crippen molar-refractivity contribution in [2.75, 3.05) is 20.8 Å². The molecule has 0 radical (unpaired) electrons. The molecule has 1 rings (SSSR count).